The molecule has 0 unspecified atom stereocenters. The molecule has 80 valence electrons. The molecule has 0 saturated heterocycles. The third-order valence-electron chi connectivity index (χ3n) is 1.63. The van der Waals surface area contributed by atoms with Gasteiger partial charge in [-0.05, 0) is 0 Å². The van der Waals surface area contributed by atoms with Crippen molar-refractivity contribution in [1.82, 2.24) is 0 Å². The number of halogens is 2. The zero-order chi connectivity index (χ0) is 10.6. The number of methoxy groups -OCH3 is 2. The Hall–Kier alpha value is -0.107. The van der Waals surface area contributed by atoms with Gasteiger partial charge in [0.25, 0.3) is 0 Å². The SMILES string of the molecule is COc1ccc([CH]=[Ru]([Cl])[Cl])c(OC)c1. The zero-order valence-electron chi connectivity index (χ0n) is 7.74. The van der Waals surface area contributed by atoms with E-state index in [9.17, 15) is 0 Å². The summed E-state index contributed by atoms with van der Waals surface area (Å²) < 4.78 is 12.1. The third kappa shape index (κ3) is 3.23. The molecule has 1 aromatic rings. The molecule has 0 saturated carbocycles. The molecule has 0 bridgehead atoms. The number of hydrogen-bond donors (Lipinski definition) is 0. The van der Waals surface area contributed by atoms with Crippen molar-refractivity contribution >= 4 is 24.0 Å². The van der Waals surface area contributed by atoms with Crippen molar-refractivity contribution in [3.05, 3.63) is 23.8 Å². The summed E-state index contributed by atoms with van der Waals surface area (Å²) in [6.45, 7) is 0. The standard InChI is InChI=1S/C9H10O2.2ClH.Ru/c1-7-4-5-8(10-2)6-9(7)11-3;;;/h1,4-6H,2-3H3;2*1H;/q;;;+2/p-2. The van der Waals surface area contributed by atoms with E-state index in [0.717, 1.165) is 17.1 Å². The molecule has 14 heavy (non-hydrogen) atoms. The van der Waals surface area contributed by atoms with Gasteiger partial charge in [0.2, 0.25) is 0 Å². The summed E-state index contributed by atoms with van der Waals surface area (Å²) in [5, 5.41) is 0. The molecule has 0 aromatic heterocycles. The molecule has 2 nitrogen and oxygen atoms in total. The average molecular weight is 322 g/mol. The second-order valence-electron chi connectivity index (χ2n) is 2.41. The molecule has 0 heterocycles. The van der Waals surface area contributed by atoms with Gasteiger partial charge in [0, 0.05) is 0 Å². The molecule has 0 spiro atoms. The molecule has 0 amide bonds. The zero-order valence-corrected chi connectivity index (χ0v) is 11.0. The summed E-state index contributed by atoms with van der Waals surface area (Å²) in [6.07, 6.45) is 0. The van der Waals surface area contributed by atoms with Crippen molar-refractivity contribution in [3.8, 4) is 11.5 Å². The number of rotatable bonds is 3. The van der Waals surface area contributed by atoms with Gasteiger partial charge in [-0.1, -0.05) is 0 Å². The van der Waals surface area contributed by atoms with Crippen LogP contribution in [0.2, 0.25) is 0 Å². The van der Waals surface area contributed by atoms with E-state index in [4.69, 9.17) is 28.9 Å². The van der Waals surface area contributed by atoms with Crippen molar-refractivity contribution in [2.45, 2.75) is 0 Å². The molecule has 1 rings (SSSR count). The van der Waals surface area contributed by atoms with Crippen LogP contribution < -0.4 is 9.47 Å². The van der Waals surface area contributed by atoms with Crippen molar-refractivity contribution in [1.29, 1.82) is 0 Å². The summed E-state index contributed by atoms with van der Waals surface area (Å²) in [5.41, 5.74) is 0.914. The first-order chi connectivity index (χ1) is 6.67. The van der Waals surface area contributed by atoms with E-state index in [-0.39, 0.29) is 0 Å². The second-order valence-corrected chi connectivity index (χ2v) is 8.14. The Balaban J connectivity index is 3.11. The fourth-order valence-electron chi connectivity index (χ4n) is 0.986. The van der Waals surface area contributed by atoms with E-state index in [1.54, 1.807) is 20.3 Å². The van der Waals surface area contributed by atoms with Crippen LogP contribution in [-0.4, -0.2) is 18.8 Å². The summed E-state index contributed by atoms with van der Waals surface area (Å²) in [6, 6.07) is 5.53. The molecule has 5 heteroatoms. The fourth-order valence-corrected chi connectivity index (χ4v) is 2.79. The molecule has 0 radical (unpaired) electrons. The maximum atomic E-state index is 5.78. The van der Waals surface area contributed by atoms with Crippen molar-refractivity contribution in [2.75, 3.05) is 14.2 Å². The van der Waals surface area contributed by atoms with Crippen LogP contribution in [0.5, 0.6) is 11.5 Å². The maximum absolute atomic E-state index is 5.78. The van der Waals surface area contributed by atoms with Crippen LogP contribution in [0.3, 0.4) is 0 Å². The first-order valence-electron chi connectivity index (χ1n) is 3.72. The number of ether oxygens (including phenoxy) is 2. The summed E-state index contributed by atoms with van der Waals surface area (Å²) in [4.78, 5) is 0. The van der Waals surface area contributed by atoms with Crippen LogP contribution in [-0.2, 0) is 13.5 Å². The molecule has 0 aliphatic rings. The van der Waals surface area contributed by atoms with Gasteiger partial charge < -0.3 is 0 Å². The Morgan fingerprint density at radius 1 is 1.21 bits per heavy atom. The molecule has 0 aliphatic heterocycles. The molecular weight excluding hydrogens is 312 g/mol. The molecule has 0 aliphatic carbocycles. The van der Waals surface area contributed by atoms with Crippen LogP contribution in [0, 0.1) is 0 Å². The minimum absolute atomic E-state index is 0.726. The van der Waals surface area contributed by atoms with Crippen molar-refractivity contribution < 1.29 is 23.0 Å². The monoisotopic (exact) mass is 322 g/mol. The predicted octanol–water partition coefficient (Wildman–Crippen LogP) is 2.78. The topological polar surface area (TPSA) is 18.5 Å². The van der Waals surface area contributed by atoms with Gasteiger partial charge in [-0.25, -0.2) is 0 Å². The van der Waals surface area contributed by atoms with Crippen LogP contribution >= 0.6 is 19.4 Å². The summed E-state index contributed by atoms with van der Waals surface area (Å²) >= 11 is -1.80. The average Bonchev–Trinajstić information content (AvgIpc) is 2.17. The Labute approximate surface area is 96.2 Å². The number of hydrogen-bond acceptors (Lipinski definition) is 2. The van der Waals surface area contributed by atoms with E-state index >= 15 is 0 Å². The van der Waals surface area contributed by atoms with E-state index in [1.165, 1.54) is 0 Å². The second kappa shape index (κ2) is 5.70. The Bertz CT molecular complexity index is 349. The summed E-state index contributed by atoms with van der Waals surface area (Å²) in [5.74, 6) is 1.48. The predicted molar refractivity (Wildman–Crippen MR) is 56.4 cm³/mol. The minimum atomic E-state index is -1.80. The van der Waals surface area contributed by atoms with Gasteiger partial charge in [0.1, 0.15) is 0 Å². The van der Waals surface area contributed by atoms with Crippen LogP contribution in [0.15, 0.2) is 18.2 Å². The summed E-state index contributed by atoms with van der Waals surface area (Å²) in [7, 11) is 14.8. The van der Waals surface area contributed by atoms with Gasteiger partial charge in [0.15, 0.2) is 0 Å². The molecule has 0 fully saturated rings. The molecule has 1 aromatic carbocycles. The molecule has 0 atom stereocenters. The van der Waals surface area contributed by atoms with Crippen molar-refractivity contribution in [3.63, 3.8) is 0 Å². The van der Waals surface area contributed by atoms with Crippen molar-refractivity contribution in [2.24, 2.45) is 0 Å². The Morgan fingerprint density at radius 2 is 1.93 bits per heavy atom. The molecular formula is C9H10Cl2O2Ru. The van der Waals surface area contributed by atoms with Gasteiger partial charge in [-0.3, -0.25) is 0 Å². The van der Waals surface area contributed by atoms with E-state index in [2.05, 4.69) is 0 Å². The van der Waals surface area contributed by atoms with Crippen LogP contribution in [0.4, 0.5) is 0 Å². The quantitative estimate of drug-likeness (QED) is 0.797. The van der Waals surface area contributed by atoms with E-state index in [0.29, 0.717) is 0 Å². The molecule has 0 N–H and O–H groups in total. The van der Waals surface area contributed by atoms with Crippen LogP contribution in [0.1, 0.15) is 5.56 Å². The van der Waals surface area contributed by atoms with E-state index in [1.807, 2.05) is 16.7 Å². The Kier molecular flexibility index (Phi) is 4.87. The Morgan fingerprint density at radius 3 is 2.43 bits per heavy atom. The number of benzene rings is 1. The van der Waals surface area contributed by atoms with Gasteiger partial charge >= 0.3 is 96.5 Å². The normalized spacial score (nSPS) is 10.7. The van der Waals surface area contributed by atoms with Gasteiger partial charge in [0.05, 0.1) is 0 Å². The van der Waals surface area contributed by atoms with E-state index < -0.39 is 13.5 Å². The third-order valence-corrected chi connectivity index (χ3v) is 3.46. The first kappa shape index (κ1) is 12.0. The van der Waals surface area contributed by atoms with Gasteiger partial charge in [-0.2, -0.15) is 0 Å². The van der Waals surface area contributed by atoms with Crippen LogP contribution in [0.25, 0.3) is 0 Å². The fraction of sp³-hybridized carbons (Fsp3) is 0.222. The van der Waals surface area contributed by atoms with Gasteiger partial charge in [-0.15, -0.1) is 0 Å². The first-order valence-corrected chi connectivity index (χ1v) is 9.20.